The normalized spacial score (nSPS) is 14.6. The molecule has 0 bridgehead atoms. The van der Waals surface area contributed by atoms with Gasteiger partial charge in [-0.15, -0.1) is 0 Å². The van der Waals surface area contributed by atoms with Crippen molar-refractivity contribution >= 4 is 5.91 Å². The fourth-order valence-corrected chi connectivity index (χ4v) is 1.77. The third-order valence-corrected chi connectivity index (χ3v) is 2.98. The van der Waals surface area contributed by atoms with Crippen molar-refractivity contribution in [1.82, 2.24) is 10.6 Å². The Morgan fingerprint density at radius 2 is 1.88 bits per heavy atom. The van der Waals surface area contributed by atoms with Crippen LogP contribution in [0, 0.1) is 5.92 Å². The second-order valence-electron chi connectivity index (χ2n) is 4.55. The molecular weight excluding hydrogens is 212 g/mol. The standard InChI is InChI=1S/C14H20N2O/c17-14(13-6-7-13)16-11-10-15-9-8-12-4-2-1-3-5-12/h1-5,13,15H,6-11H2,(H,16,17). The average Bonchev–Trinajstić information content (AvgIpc) is 3.19. The Morgan fingerprint density at radius 3 is 2.59 bits per heavy atom. The molecule has 0 spiro atoms. The van der Waals surface area contributed by atoms with Crippen molar-refractivity contribution in [2.24, 2.45) is 5.92 Å². The first-order valence-electron chi connectivity index (χ1n) is 6.38. The maximum Gasteiger partial charge on any atom is 0.223 e. The van der Waals surface area contributed by atoms with E-state index in [4.69, 9.17) is 0 Å². The minimum atomic E-state index is 0.231. The molecule has 1 aromatic rings. The Labute approximate surface area is 103 Å². The highest BCUT2D eigenvalue weighted by molar-refractivity contribution is 5.80. The van der Waals surface area contributed by atoms with Crippen LogP contribution in [-0.2, 0) is 11.2 Å². The summed E-state index contributed by atoms with van der Waals surface area (Å²) in [5.74, 6) is 0.550. The molecule has 2 N–H and O–H groups in total. The van der Waals surface area contributed by atoms with Gasteiger partial charge in [-0.25, -0.2) is 0 Å². The van der Waals surface area contributed by atoms with Crippen LogP contribution in [0.15, 0.2) is 30.3 Å². The van der Waals surface area contributed by atoms with Gasteiger partial charge in [-0.3, -0.25) is 4.79 Å². The van der Waals surface area contributed by atoms with E-state index in [1.165, 1.54) is 5.56 Å². The zero-order valence-electron chi connectivity index (χ0n) is 10.1. The molecule has 0 heterocycles. The molecule has 1 aliphatic rings. The number of nitrogens with one attached hydrogen (secondary N) is 2. The summed E-state index contributed by atoms with van der Waals surface area (Å²) in [4.78, 5) is 11.3. The Kier molecular flexibility index (Phi) is 4.56. The lowest BCUT2D eigenvalue weighted by Gasteiger charge is -2.06. The van der Waals surface area contributed by atoms with Crippen LogP contribution in [0.5, 0.6) is 0 Å². The Balaban J connectivity index is 1.47. The predicted molar refractivity (Wildman–Crippen MR) is 68.7 cm³/mol. The predicted octanol–water partition coefficient (Wildman–Crippen LogP) is 1.34. The molecule has 0 aliphatic heterocycles. The van der Waals surface area contributed by atoms with Gasteiger partial charge in [-0.05, 0) is 31.4 Å². The third-order valence-electron chi connectivity index (χ3n) is 2.98. The van der Waals surface area contributed by atoms with Crippen LogP contribution in [0.25, 0.3) is 0 Å². The SMILES string of the molecule is O=C(NCCNCCc1ccccc1)C1CC1. The van der Waals surface area contributed by atoms with Gasteiger partial charge in [-0.1, -0.05) is 30.3 Å². The second kappa shape index (κ2) is 6.40. The van der Waals surface area contributed by atoms with Gasteiger partial charge in [0.05, 0.1) is 0 Å². The zero-order chi connectivity index (χ0) is 11.9. The van der Waals surface area contributed by atoms with Crippen molar-refractivity contribution in [2.75, 3.05) is 19.6 Å². The number of carbonyl (C=O) groups excluding carboxylic acids is 1. The summed E-state index contributed by atoms with van der Waals surface area (Å²) in [5.41, 5.74) is 1.35. The lowest BCUT2D eigenvalue weighted by molar-refractivity contribution is -0.122. The van der Waals surface area contributed by atoms with Crippen LogP contribution < -0.4 is 10.6 Å². The van der Waals surface area contributed by atoms with E-state index < -0.39 is 0 Å². The molecule has 1 fully saturated rings. The summed E-state index contributed by atoms with van der Waals surface area (Å²) in [6, 6.07) is 10.4. The molecular formula is C14H20N2O. The van der Waals surface area contributed by atoms with Crippen LogP contribution >= 0.6 is 0 Å². The Hall–Kier alpha value is -1.35. The summed E-state index contributed by atoms with van der Waals surface area (Å²) in [6.07, 6.45) is 3.19. The topological polar surface area (TPSA) is 41.1 Å². The molecule has 0 unspecified atom stereocenters. The maximum atomic E-state index is 11.3. The van der Waals surface area contributed by atoms with Gasteiger partial charge in [0.25, 0.3) is 0 Å². The highest BCUT2D eigenvalue weighted by Crippen LogP contribution is 2.28. The minimum absolute atomic E-state index is 0.231. The summed E-state index contributed by atoms with van der Waals surface area (Å²) >= 11 is 0. The first-order valence-corrected chi connectivity index (χ1v) is 6.38. The summed E-state index contributed by atoms with van der Waals surface area (Å²) in [6.45, 7) is 2.55. The molecule has 17 heavy (non-hydrogen) atoms. The molecule has 0 aromatic heterocycles. The van der Waals surface area contributed by atoms with E-state index in [0.29, 0.717) is 5.92 Å². The van der Waals surface area contributed by atoms with Gasteiger partial charge in [0, 0.05) is 19.0 Å². The van der Waals surface area contributed by atoms with Gasteiger partial charge in [-0.2, -0.15) is 0 Å². The maximum absolute atomic E-state index is 11.3. The van der Waals surface area contributed by atoms with E-state index in [-0.39, 0.29) is 5.91 Å². The third kappa shape index (κ3) is 4.57. The smallest absolute Gasteiger partial charge is 0.223 e. The molecule has 0 atom stereocenters. The van der Waals surface area contributed by atoms with Crippen LogP contribution in [0.1, 0.15) is 18.4 Å². The quantitative estimate of drug-likeness (QED) is 0.697. The van der Waals surface area contributed by atoms with Gasteiger partial charge < -0.3 is 10.6 Å². The second-order valence-corrected chi connectivity index (χ2v) is 4.55. The Bertz CT molecular complexity index is 346. The van der Waals surface area contributed by atoms with Crippen molar-refractivity contribution in [2.45, 2.75) is 19.3 Å². The lowest BCUT2D eigenvalue weighted by Crippen LogP contribution is -2.33. The van der Waals surface area contributed by atoms with Crippen LogP contribution in [0.2, 0.25) is 0 Å². The molecule has 3 nitrogen and oxygen atoms in total. The number of benzene rings is 1. The first kappa shape index (κ1) is 12.1. The van der Waals surface area contributed by atoms with Gasteiger partial charge >= 0.3 is 0 Å². The number of hydrogen-bond donors (Lipinski definition) is 2. The summed E-state index contributed by atoms with van der Waals surface area (Å²) in [5, 5.41) is 6.28. The molecule has 0 radical (unpaired) electrons. The van der Waals surface area contributed by atoms with Crippen molar-refractivity contribution < 1.29 is 4.79 Å². The average molecular weight is 232 g/mol. The molecule has 3 heteroatoms. The largest absolute Gasteiger partial charge is 0.355 e. The van der Waals surface area contributed by atoms with Crippen molar-refractivity contribution in [3.8, 4) is 0 Å². The highest BCUT2D eigenvalue weighted by atomic mass is 16.2. The lowest BCUT2D eigenvalue weighted by atomic mass is 10.1. The summed E-state index contributed by atoms with van der Waals surface area (Å²) in [7, 11) is 0. The van der Waals surface area contributed by atoms with Crippen LogP contribution in [-0.4, -0.2) is 25.5 Å². The molecule has 0 saturated heterocycles. The van der Waals surface area contributed by atoms with Crippen LogP contribution in [0.4, 0.5) is 0 Å². The number of hydrogen-bond acceptors (Lipinski definition) is 2. The molecule has 1 amide bonds. The van der Waals surface area contributed by atoms with Crippen molar-refractivity contribution in [3.05, 3.63) is 35.9 Å². The Morgan fingerprint density at radius 1 is 1.12 bits per heavy atom. The van der Waals surface area contributed by atoms with E-state index in [0.717, 1.165) is 38.9 Å². The van der Waals surface area contributed by atoms with E-state index in [1.807, 2.05) is 6.07 Å². The monoisotopic (exact) mass is 232 g/mol. The van der Waals surface area contributed by atoms with Gasteiger partial charge in [0.1, 0.15) is 0 Å². The number of rotatable bonds is 7. The molecule has 1 aliphatic carbocycles. The fraction of sp³-hybridized carbons (Fsp3) is 0.500. The van der Waals surface area contributed by atoms with Gasteiger partial charge in [0.2, 0.25) is 5.91 Å². The van der Waals surface area contributed by atoms with E-state index in [2.05, 4.69) is 34.9 Å². The molecule has 2 rings (SSSR count). The highest BCUT2D eigenvalue weighted by Gasteiger charge is 2.28. The van der Waals surface area contributed by atoms with Gasteiger partial charge in [0.15, 0.2) is 0 Å². The van der Waals surface area contributed by atoms with E-state index in [9.17, 15) is 4.79 Å². The molecule has 92 valence electrons. The number of carbonyl (C=O) groups is 1. The zero-order valence-corrected chi connectivity index (χ0v) is 10.1. The van der Waals surface area contributed by atoms with Crippen LogP contribution in [0.3, 0.4) is 0 Å². The van der Waals surface area contributed by atoms with Crippen molar-refractivity contribution in [1.29, 1.82) is 0 Å². The first-order chi connectivity index (χ1) is 8.36. The number of amides is 1. The minimum Gasteiger partial charge on any atom is -0.355 e. The summed E-state index contributed by atoms with van der Waals surface area (Å²) < 4.78 is 0. The molecule has 1 saturated carbocycles. The van der Waals surface area contributed by atoms with Crippen molar-refractivity contribution in [3.63, 3.8) is 0 Å². The molecule has 1 aromatic carbocycles. The van der Waals surface area contributed by atoms with E-state index in [1.54, 1.807) is 0 Å². The van der Waals surface area contributed by atoms with E-state index >= 15 is 0 Å². The fourth-order valence-electron chi connectivity index (χ4n) is 1.77.